The van der Waals surface area contributed by atoms with Gasteiger partial charge in [-0.2, -0.15) is 0 Å². The molecular formula is C16H23BrN2O2. The van der Waals surface area contributed by atoms with Crippen LogP contribution in [-0.2, 0) is 9.59 Å². The second-order valence-electron chi connectivity index (χ2n) is 6.12. The molecule has 1 aromatic rings. The van der Waals surface area contributed by atoms with E-state index in [-0.39, 0.29) is 11.8 Å². The summed E-state index contributed by atoms with van der Waals surface area (Å²) in [6.45, 7) is 8.06. The van der Waals surface area contributed by atoms with Gasteiger partial charge in [-0.05, 0) is 37.1 Å². The molecule has 0 aliphatic carbocycles. The number of rotatable bonds is 5. The Morgan fingerprint density at radius 3 is 2.48 bits per heavy atom. The minimum absolute atomic E-state index is 0.00617. The zero-order valence-electron chi connectivity index (χ0n) is 13.0. The number of anilines is 1. The van der Waals surface area contributed by atoms with Crippen molar-refractivity contribution < 1.29 is 9.59 Å². The molecule has 0 atom stereocenters. The highest BCUT2D eigenvalue weighted by atomic mass is 79.9. The van der Waals surface area contributed by atoms with E-state index < -0.39 is 5.41 Å². The molecule has 4 nitrogen and oxygen atoms in total. The summed E-state index contributed by atoms with van der Waals surface area (Å²) >= 11 is 3.39. The predicted molar refractivity (Wildman–Crippen MR) is 89.2 cm³/mol. The number of nitrogens with one attached hydrogen (secondary N) is 2. The second-order valence-corrected chi connectivity index (χ2v) is 7.03. The highest BCUT2D eigenvalue weighted by Crippen LogP contribution is 2.20. The lowest BCUT2D eigenvalue weighted by molar-refractivity contribution is -0.128. The lowest BCUT2D eigenvalue weighted by atomic mass is 9.96. The first kappa shape index (κ1) is 17.7. The fourth-order valence-electron chi connectivity index (χ4n) is 1.70. The first-order valence-corrected chi connectivity index (χ1v) is 7.84. The van der Waals surface area contributed by atoms with Crippen molar-refractivity contribution in [2.75, 3.05) is 11.9 Å². The Balaban J connectivity index is 2.33. The second kappa shape index (κ2) is 7.59. The summed E-state index contributed by atoms with van der Waals surface area (Å²) in [6, 6.07) is 5.73. The van der Waals surface area contributed by atoms with Gasteiger partial charge in [-0.3, -0.25) is 9.59 Å². The SMILES string of the molecule is Cc1cc(Br)ccc1NC(=O)CCCNC(=O)C(C)(C)C. The van der Waals surface area contributed by atoms with E-state index in [1.807, 2.05) is 45.9 Å². The van der Waals surface area contributed by atoms with E-state index >= 15 is 0 Å². The van der Waals surface area contributed by atoms with Crippen molar-refractivity contribution in [1.82, 2.24) is 5.32 Å². The molecule has 2 N–H and O–H groups in total. The molecule has 2 amide bonds. The molecule has 0 aromatic heterocycles. The van der Waals surface area contributed by atoms with E-state index in [9.17, 15) is 9.59 Å². The first-order valence-electron chi connectivity index (χ1n) is 7.04. The minimum Gasteiger partial charge on any atom is -0.356 e. The van der Waals surface area contributed by atoms with Gasteiger partial charge in [-0.15, -0.1) is 0 Å². The molecule has 0 saturated heterocycles. The van der Waals surface area contributed by atoms with Gasteiger partial charge in [-0.25, -0.2) is 0 Å². The van der Waals surface area contributed by atoms with E-state index in [0.717, 1.165) is 15.7 Å². The molecule has 0 unspecified atom stereocenters. The van der Waals surface area contributed by atoms with E-state index in [1.54, 1.807) is 0 Å². The minimum atomic E-state index is -0.392. The fourth-order valence-corrected chi connectivity index (χ4v) is 2.17. The third kappa shape index (κ3) is 6.29. The molecule has 1 aromatic carbocycles. The Bertz CT molecular complexity index is 521. The van der Waals surface area contributed by atoms with Gasteiger partial charge in [0, 0.05) is 28.5 Å². The van der Waals surface area contributed by atoms with Crippen LogP contribution in [0.1, 0.15) is 39.2 Å². The van der Waals surface area contributed by atoms with Gasteiger partial charge < -0.3 is 10.6 Å². The lowest BCUT2D eigenvalue weighted by Crippen LogP contribution is -2.35. The Morgan fingerprint density at radius 2 is 1.90 bits per heavy atom. The van der Waals surface area contributed by atoms with Crippen LogP contribution in [0.2, 0.25) is 0 Å². The summed E-state index contributed by atoms with van der Waals surface area (Å²) in [7, 11) is 0. The zero-order valence-corrected chi connectivity index (χ0v) is 14.6. The summed E-state index contributed by atoms with van der Waals surface area (Å²) < 4.78 is 0.989. The number of hydrogen-bond acceptors (Lipinski definition) is 2. The molecular weight excluding hydrogens is 332 g/mol. The van der Waals surface area contributed by atoms with Gasteiger partial charge in [0.1, 0.15) is 0 Å². The van der Waals surface area contributed by atoms with Crippen molar-refractivity contribution in [2.24, 2.45) is 5.41 Å². The van der Waals surface area contributed by atoms with E-state index in [2.05, 4.69) is 26.6 Å². The van der Waals surface area contributed by atoms with Gasteiger partial charge in [0.05, 0.1) is 0 Å². The molecule has 116 valence electrons. The highest BCUT2D eigenvalue weighted by Gasteiger charge is 2.20. The lowest BCUT2D eigenvalue weighted by Gasteiger charge is -2.17. The normalized spacial score (nSPS) is 11.1. The molecule has 0 fully saturated rings. The molecule has 0 spiro atoms. The van der Waals surface area contributed by atoms with Crippen LogP contribution in [0.5, 0.6) is 0 Å². The number of carbonyl (C=O) groups excluding carboxylic acids is 2. The van der Waals surface area contributed by atoms with Crippen molar-refractivity contribution in [3.05, 3.63) is 28.2 Å². The highest BCUT2D eigenvalue weighted by molar-refractivity contribution is 9.10. The summed E-state index contributed by atoms with van der Waals surface area (Å²) in [4.78, 5) is 23.5. The molecule has 0 bridgehead atoms. The van der Waals surface area contributed by atoms with Crippen LogP contribution in [0, 0.1) is 12.3 Å². The third-order valence-corrected chi connectivity index (χ3v) is 3.50. The summed E-state index contributed by atoms with van der Waals surface area (Å²) in [5.74, 6) is -0.0305. The van der Waals surface area contributed by atoms with Crippen LogP contribution in [0.15, 0.2) is 22.7 Å². The van der Waals surface area contributed by atoms with Gasteiger partial charge in [0.25, 0.3) is 0 Å². The number of aryl methyl sites for hydroxylation is 1. The first-order chi connectivity index (χ1) is 9.70. The van der Waals surface area contributed by atoms with Crippen LogP contribution in [0.4, 0.5) is 5.69 Å². The van der Waals surface area contributed by atoms with Gasteiger partial charge in [0.15, 0.2) is 0 Å². The maximum atomic E-state index is 11.9. The van der Waals surface area contributed by atoms with Crippen molar-refractivity contribution in [1.29, 1.82) is 0 Å². The molecule has 21 heavy (non-hydrogen) atoms. The van der Waals surface area contributed by atoms with Gasteiger partial charge >= 0.3 is 0 Å². The Hall–Kier alpha value is -1.36. The number of halogens is 1. The van der Waals surface area contributed by atoms with Crippen LogP contribution in [-0.4, -0.2) is 18.4 Å². The molecule has 0 aliphatic rings. The summed E-state index contributed by atoms with van der Waals surface area (Å²) in [6.07, 6.45) is 1.02. The maximum Gasteiger partial charge on any atom is 0.225 e. The van der Waals surface area contributed by atoms with Gasteiger partial charge in [0.2, 0.25) is 11.8 Å². The Morgan fingerprint density at radius 1 is 1.24 bits per heavy atom. The largest absolute Gasteiger partial charge is 0.356 e. The Kier molecular flexibility index (Phi) is 6.40. The number of hydrogen-bond donors (Lipinski definition) is 2. The van der Waals surface area contributed by atoms with Crippen molar-refractivity contribution in [2.45, 2.75) is 40.5 Å². The van der Waals surface area contributed by atoms with Crippen LogP contribution in [0.25, 0.3) is 0 Å². The van der Waals surface area contributed by atoms with Crippen molar-refractivity contribution in [3.8, 4) is 0 Å². The summed E-state index contributed by atoms with van der Waals surface area (Å²) in [5.41, 5.74) is 1.44. The van der Waals surface area contributed by atoms with E-state index in [0.29, 0.717) is 19.4 Å². The topological polar surface area (TPSA) is 58.2 Å². The molecule has 0 aliphatic heterocycles. The van der Waals surface area contributed by atoms with Crippen molar-refractivity contribution in [3.63, 3.8) is 0 Å². The Labute approximate surface area is 134 Å². The predicted octanol–water partition coefficient (Wildman–Crippen LogP) is 3.64. The molecule has 1 rings (SSSR count). The van der Waals surface area contributed by atoms with Crippen LogP contribution in [0.3, 0.4) is 0 Å². The zero-order chi connectivity index (χ0) is 16.0. The number of amides is 2. The molecule has 0 radical (unpaired) electrons. The van der Waals surface area contributed by atoms with E-state index in [1.165, 1.54) is 0 Å². The standard InChI is InChI=1S/C16H23BrN2O2/c1-11-10-12(17)7-8-13(11)19-14(20)6-5-9-18-15(21)16(2,3)4/h7-8,10H,5-6,9H2,1-4H3,(H,18,21)(H,19,20). The average molecular weight is 355 g/mol. The average Bonchev–Trinajstić information content (AvgIpc) is 2.36. The van der Waals surface area contributed by atoms with Crippen LogP contribution >= 0.6 is 15.9 Å². The monoisotopic (exact) mass is 354 g/mol. The maximum absolute atomic E-state index is 11.9. The van der Waals surface area contributed by atoms with Gasteiger partial charge in [-0.1, -0.05) is 36.7 Å². The number of benzene rings is 1. The van der Waals surface area contributed by atoms with Crippen LogP contribution < -0.4 is 10.6 Å². The fraction of sp³-hybridized carbons (Fsp3) is 0.500. The summed E-state index contributed by atoms with van der Waals surface area (Å²) in [5, 5.41) is 5.72. The third-order valence-electron chi connectivity index (χ3n) is 3.01. The molecule has 0 heterocycles. The van der Waals surface area contributed by atoms with Crippen molar-refractivity contribution >= 4 is 33.4 Å². The quantitative estimate of drug-likeness (QED) is 0.793. The van der Waals surface area contributed by atoms with E-state index in [4.69, 9.17) is 0 Å². The molecule has 0 saturated carbocycles. The number of carbonyl (C=O) groups is 2. The smallest absolute Gasteiger partial charge is 0.225 e. The molecule has 5 heteroatoms.